The zero-order valence-electron chi connectivity index (χ0n) is 12.3. The summed E-state index contributed by atoms with van der Waals surface area (Å²) in [4.78, 5) is 35.5. The van der Waals surface area contributed by atoms with Crippen molar-refractivity contribution in [2.75, 3.05) is 5.32 Å². The Bertz CT molecular complexity index is 972. The molecule has 0 spiro atoms. The average Bonchev–Trinajstić information content (AvgIpc) is 2.55. The Balaban J connectivity index is 1.93. The second kappa shape index (κ2) is 5.88. The SMILES string of the molecule is CC(=O)c1cccc(NC(=O)c2cc3ccccc3c(=O)o2)c1. The molecule has 0 radical (unpaired) electrons. The van der Waals surface area contributed by atoms with Gasteiger partial charge in [-0.2, -0.15) is 0 Å². The Morgan fingerprint density at radius 2 is 1.78 bits per heavy atom. The van der Waals surface area contributed by atoms with Crippen LogP contribution in [0.3, 0.4) is 0 Å². The molecule has 0 unspecified atom stereocenters. The van der Waals surface area contributed by atoms with Crippen molar-refractivity contribution >= 4 is 28.2 Å². The minimum atomic E-state index is -0.564. The summed E-state index contributed by atoms with van der Waals surface area (Å²) in [5.74, 6) is -0.728. The highest BCUT2D eigenvalue weighted by Crippen LogP contribution is 2.15. The fourth-order valence-electron chi connectivity index (χ4n) is 2.25. The van der Waals surface area contributed by atoms with E-state index in [4.69, 9.17) is 4.42 Å². The third kappa shape index (κ3) is 3.03. The van der Waals surface area contributed by atoms with Crippen molar-refractivity contribution in [3.63, 3.8) is 0 Å². The fraction of sp³-hybridized carbons (Fsp3) is 0.0556. The molecule has 0 aliphatic rings. The zero-order chi connectivity index (χ0) is 16.4. The lowest BCUT2D eigenvalue weighted by Crippen LogP contribution is -2.15. The van der Waals surface area contributed by atoms with Gasteiger partial charge in [-0.05, 0) is 36.6 Å². The van der Waals surface area contributed by atoms with Crippen LogP contribution in [0, 0.1) is 0 Å². The number of Topliss-reactive ketones (excluding diaryl/α,β-unsaturated/α-hetero) is 1. The number of amides is 1. The summed E-state index contributed by atoms with van der Waals surface area (Å²) >= 11 is 0. The lowest BCUT2D eigenvalue weighted by Gasteiger charge is -2.06. The number of benzene rings is 2. The molecule has 5 heteroatoms. The second-order valence-corrected chi connectivity index (χ2v) is 5.08. The molecule has 1 amide bonds. The van der Waals surface area contributed by atoms with E-state index in [2.05, 4.69) is 5.32 Å². The van der Waals surface area contributed by atoms with Crippen LogP contribution in [0.1, 0.15) is 27.8 Å². The molecule has 23 heavy (non-hydrogen) atoms. The molecule has 114 valence electrons. The minimum absolute atomic E-state index is 0.0815. The van der Waals surface area contributed by atoms with E-state index in [1.165, 1.54) is 13.0 Å². The maximum Gasteiger partial charge on any atom is 0.344 e. The molecule has 1 aromatic heterocycles. The summed E-state index contributed by atoms with van der Waals surface area (Å²) in [5.41, 5.74) is 0.381. The molecule has 0 aliphatic heterocycles. The highest BCUT2D eigenvalue weighted by molar-refractivity contribution is 6.04. The van der Waals surface area contributed by atoms with Crippen LogP contribution in [-0.2, 0) is 0 Å². The summed E-state index contributed by atoms with van der Waals surface area (Å²) < 4.78 is 5.07. The van der Waals surface area contributed by atoms with E-state index in [0.29, 0.717) is 22.0 Å². The number of rotatable bonds is 3. The van der Waals surface area contributed by atoms with Gasteiger partial charge in [-0.1, -0.05) is 30.3 Å². The number of anilines is 1. The molecule has 3 aromatic rings. The monoisotopic (exact) mass is 307 g/mol. The van der Waals surface area contributed by atoms with Gasteiger partial charge < -0.3 is 9.73 Å². The summed E-state index contributed by atoms with van der Waals surface area (Å²) in [6.07, 6.45) is 0. The third-order valence-corrected chi connectivity index (χ3v) is 3.42. The topological polar surface area (TPSA) is 76.4 Å². The smallest absolute Gasteiger partial charge is 0.344 e. The number of carbonyl (C=O) groups excluding carboxylic acids is 2. The van der Waals surface area contributed by atoms with Crippen molar-refractivity contribution in [3.8, 4) is 0 Å². The number of nitrogens with one attached hydrogen (secondary N) is 1. The predicted molar refractivity (Wildman–Crippen MR) is 86.9 cm³/mol. The first-order valence-corrected chi connectivity index (χ1v) is 7.00. The Morgan fingerprint density at radius 1 is 1.00 bits per heavy atom. The maximum absolute atomic E-state index is 12.3. The molecule has 5 nitrogen and oxygen atoms in total. The first-order valence-electron chi connectivity index (χ1n) is 7.00. The van der Waals surface area contributed by atoms with Crippen LogP contribution < -0.4 is 10.9 Å². The number of hydrogen-bond acceptors (Lipinski definition) is 4. The van der Waals surface area contributed by atoms with Crippen LogP contribution in [0.4, 0.5) is 5.69 Å². The van der Waals surface area contributed by atoms with E-state index < -0.39 is 11.5 Å². The van der Waals surface area contributed by atoms with Crippen LogP contribution >= 0.6 is 0 Å². The zero-order valence-corrected chi connectivity index (χ0v) is 12.3. The van der Waals surface area contributed by atoms with Gasteiger partial charge in [0.1, 0.15) is 0 Å². The largest absolute Gasteiger partial charge is 0.417 e. The highest BCUT2D eigenvalue weighted by atomic mass is 16.4. The quantitative estimate of drug-likeness (QED) is 0.754. The standard InChI is InChI=1S/C18H13NO4/c1-11(20)12-6-4-7-14(9-12)19-17(21)16-10-13-5-2-3-8-15(13)18(22)23-16/h2-10H,1H3,(H,19,21). The van der Waals surface area contributed by atoms with Gasteiger partial charge in [-0.25, -0.2) is 4.79 Å². The Morgan fingerprint density at radius 3 is 2.57 bits per heavy atom. The normalized spacial score (nSPS) is 10.5. The molecule has 1 heterocycles. The number of carbonyl (C=O) groups is 2. The van der Waals surface area contributed by atoms with Crippen molar-refractivity contribution in [3.05, 3.63) is 76.3 Å². The lowest BCUT2D eigenvalue weighted by molar-refractivity contribution is 0.0989. The third-order valence-electron chi connectivity index (χ3n) is 3.42. The van der Waals surface area contributed by atoms with Gasteiger partial charge in [0.05, 0.1) is 5.39 Å². The van der Waals surface area contributed by atoms with E-state index in [9.17, 15) is 14.4 Å². The van der Waals surface area contributed by atoms with Crippen LogP contribution in [0.25, 0.3) is 10.8 Å². The molecule has 0 aliphatic carbocycles. The predicted octanol–water partition coefficient (Wildman–Crippen LogP) is 3.25. The van der Waals surface area contributed by atoms with Crippen molar-refractivity contribution < 1.29 is 14.0 Å². The molecule has 0 fully saturated rings. The lowest BCUT2D eigenvalue weighted by atomic mass is 10.1. The fourth-order valence-corrected chi connectivity index (χ4v) is 2.25. The molecule has 0 saturated heterocycles. The van der Waals surface area contributed by atoms with Crippen molar-refractivity contribution in [2.24, 2.45) is 0 Å². The Kier molecular flexibility index (Phi) is 3.76. The van der Waals surface area contributed by atoms with Gasteiger partial charge in [0.2, 0.25) is 0 Å². The van der Waals surface area contributed by atoms with Gasteiger partial charge in [-0.15, -0.1) is 0 Å². The van der Waals surface area contributed by atoms with Crippen molar-refractivity contribution in [1.82, 2.24) is 0 Å². The molecule has 0 bridgehead atoms. The number of hydrogen-bond donors (Lipinski definition) is 1. The van der Waals surface area contributed by atoms with Gasteiger partial charge in [0.25, 0.3) is 5.91 Å². The van der Waals surface area contributed by atoms with Crippen LogP contribution in [0.5, 0.6) is 0 Å². The van der Waals surface area contributed by atoms with Crippen LogP contribution in [-0.4, -0.2) is 11.7 Å². The van der Waals surface area contributed by atoms with Crippen molar-refractivity contribution in [2.45, 2.75) is 6.92 Å². The maximum atomic E-state index is 12.3. The molecular formula is C18H13NO4. The van der Waals surface area contributed by atoms with Gasteiger partial charge >= 0.3 is 5.63 Å². The van der Waals surface area contributed by atoms with E-state index in [1.807, 2.05) is 0 Å². The summed E-state index contributed by atoms with van der Waals surface area (Å²) in [6, 6.07) is 14.9. The van der Waals surface area contributed by atoms with Crippen LogP contribution in [0.15, 0.2) is 63.8 Å². The summed E-state index contributed by atoms with van der Waals surface area (Å²) in [7, 11) is 0. The summed E-state index contributed by atoms with van der Waals surface area (Å²) in [6.45, 7) is 1.45. The average molecular weight is 307 g/mol. The molecule has 0 atom stereocenters. The minimum Gasteiger partial charge on any atom is -0.417 e. The number of fused-ring (bicyclic) bond motifs is 1. The molecule has 3 rings (SSSR count). The van der Waals surface area contributed by atoms with Gasteiger partial charge in [0.15, 0.2) is 11.5 Å². The number of ketones is 1. The van der Waals surface area contributed by atoms with E-state index in [0.717, 1.165) is 0 Å². The first-order chi connectivity index (χ1) is 11.0. The van der Waals surface area contributed by atoms with Crippen molar-refractivity contribution in [1.29, 1.82) is 0 Å². The molecule has 0 saturated carbocycles. The Hall–Kier alpha value is -3.21. The van der Waals surface area contributed by atoms with Gasteiger partial charge in [-0.3, -0.25) is 9.59 Å². The first kappa shape index (κ1) is 14.7. The highest BCUT2D eigenvalue weighted by Gasteiger charge is 2.13. The molecule has 1 N–H and O–H groups in total. The van der Waals surface area contributed by atoms with Gasteiger partial charge in [0, 0.05) is 11.3 Å². The molecule has 2 aromatic carbocycles. The summed E-state index contributed by atoms with van der Waals surface area (Å²) in [5, 5.41) is 3.67. The van der Waals surface area contributed by atoms with E-state index in [1.54, 1.807) is 48.5 Å². The van der Waals surface area contributed by atoms with Crippen LogP contribution in [0.2, 0.25) is 0 Å². The van der Waals surface area contributed by atoms with E-state index >= 15 is 0 Å². The van der Waals surface area contributed by atoms with E-state index in [-0.39, 0.29) is 11.5 Å². The second-order valence-electron chi connectivity index (χ2n) is 5.08. The molecular weight excluding hydrogens is 294 g/mol. The Labute approximate surface area is 131 Å².